The summed E-state index contributed by atoms with van der Waals surface area (Å²) in [6, 6.07) is 13.5. The van der Waals surface area contributed by atoms with Crippen molar-refractivity contribution in [2.75, 3.05) is 26.2 Å². The first-order valence-electron chi connectivity index (χ1n) is 8.42. The van der Waals surface area contributed by atoms with Gasteiger partial charge in [0, 0.05) is 45.1 Å². The molecule has 1 aromatic carbocycles. The molecule has 1 aliphatic rings. The Balaban J connectivity index is 0.00000225. The summed E-state index contributed by atoms with van der Waals surface area (Å²) >= 11 is 0. The van der Waals surface area contributed by atoms with Crippen LogP contribution in [0, 0.1) is 0 Å². The lowest BCUT2D eigenvalue weighted by molar-refractivity contribution is -0.134. The van der Waals surface area contributed by atoms with Gasteiger partial charge in [-0.25, -0.2) is 0 Å². The molecule has 1 aliphatic heterocycles. The Morgan fingerprint density at radius 2 is 1.72 bits per heavy atom. The summed E-state index contributed by atoms with van der Waals surface area (Å²) in [5.74, 6) is 0.0554. The second-order valence-electron chi connectivity index (χ2n) is 6.26. The number of hydrogen-bond acceptors (Lipinski definition) is 4. The molecule has 134 valence electrons. The van der Waals surface area contributed by atoms with Crippen molar-refractivity contribution in [3.05, 3.63) is 66.0 Å². The summed E-state index contributed by atoms with van der Waals surface area (Å²) in [4.78, 5) is 20.9. The molecule has 2 aromatic rings. The zero-order valence-corrected chi connectivity index (χ0v) is 15.1. The standard InChI is InChI=1S/C19H24N4O.ClH/c20-18(13-16-5-2-1-3-6-16)19(24)23-11-9-22(10-12-23)15-17-7-4-8-21-14-17;/h1-8,14,18H,9-13,15,20H2;1H/t18-;/m0./s1. The molecule has 1 atom stereocenters. The molecule has 1 saturated heterocycles. The summed E-state index contributed by atoms with van der Waals surface area (Å²) in [6.45, 7) is 4.10. The zero-order chi connectivity index (χ0) is 16.8. The molecule has 0 aliphatic carbocycles. The van der Waals surface area contributed by atoms with Gasteiger partial charge in [-0.3, -0.25) is 14.7 Å². The Morgan fingerprint density at radius 1 is 1.04 bits per heavy atom. The highest BCUT2D eigenvalue weighted by Crippen LogP contribution is 2.10. The number of amides is 1. The van der Waals surface area contributed by atoms with Gasteiger partial charge in [0.2, 0.25) is 5.91 Å². The number of nitrogens with zero attached hydrogens (tertiary/aromatic N) is 3. The molecule has 3 rings (SSSR count). The Labute approximate surface area is 155 Å². The Bertz CT molecular complexity index is 645. The maximum Gasteiger partial charge on any atom is 0.239 e. The molecule has 1 fully saturated rings. The molecule has 1 aromatic heterocycles. The smallest absolute Gasteiger partial charge is 0.239 e. The molecule has 0 radical (unpaired) electrons. The van der Waals surface area contributed by atoms with Crippen LogP contribution in [0.4, 0.5) is 0 Å². The Hall–Kier alpha value is -1.95. The number of pyridine rings is 1. The predicted molar refractivity (Wildman–Crippen MR) is 101 cm³/mol. The van der Waals surface area contributed by atoms with Crippen LogP contribution in [0.5, 0.6) is 0 Å². The van der Waals surface area contributed by atoms with E-state index in [0.29, 0.717) is 6.42 Å². The van der Waals surface area contributed by atoms with E-state index in [1.54, 1.807) is 6.20 Å². The van der Waals surface area contributed by atoms with Gasteiger partial charge in [-0.1, -0.05) is 36.4 Å². The van der Waals surface area contributed by atoms with E-state index < -0.39 is 6.04 Å². The first-order valence-corrected chi connectivity index (χ1v) is 8.42. The van der Waals surface area contributed by atoms with E-state index >= 15 is 0 Å². The molecule has 0 unspecified atom stereocenters. The minimum Gasteiger partial charge on any atom is -0.339 e. The summed E-state index contributed by atoms with van der Waals surface area (Å²) in [5.41, 5.74) is 8.44. The second-order valence-corrected chi connectivity index (χ2v) is 6.26. The monoisotopic (exact) mass is 360 g/mol. The average Bonchev–Trinajstić information content (AvgIpc) is 2.63. The topological polar surface area (TPSA) is 62.5 Å². The van der Waals surface area contributed by atoms with Gasteiger partial charge < -0.3 is 10.6 Å². The van der Waals surface area contributed by atoms with Gasteiger partial charge in [-0.2, -0.15) is 0 Å². The number of carbonyl (C=O) groups is 1. The van der Waals surface area contributed by atoms with Crippen LogP contribution >= 0.6 is 12.4 Å². The second kappa shape index (κ2) is 9.51. The summed E-state index contributed by atoms with van der Waals surface area (Å²) in [6.07, 6.45) is 4.27. The molecule has 1 amide bonds. The molecule has 0 spiro atoms. The maximum absolute atomic E-state index is 12.5. The van der Waals surface area contributed by atoms with E-state index in [1.165, 1.54) is 5.56 Å². The van der Waals surface area contributed by atoms with Crippen molar-refractivity contribution >= 4 is 18.3 Å². The van der Waals surface area contributed by atoms with Gasteiger partial charge in [0.15, 0.2) is 0 Å². The van der Waals surface area contributed by atoms with Crippen LogP contribution in [-0.4, -0.2) is 52.9 Å². The summed E-state index contributed by atoms with van der Waals surface area (Å²) < 4.78 is 0. The van der Waals surface area contributed by atoms with Crippen LogP contribution in [0.15, 0.2) is 54.9 Å². The molecule has 25 heavy (non-hydrogen) atoms. The summed E-state index contributed by atoms with van der Waals surface area (Å²) in [7, 11) is 0. The molecule has 5 nitrogen and oxygen atoms in total. The normalized spacial score (nSPS) is 16.1. The van der Waals surface area contributed by atoms with Crippen molar-refractivity contribution in [3.8, 4) is 0 Å². The lowest BCUT2D eigenvalue weighted by Crippen LogP contribution is -2.53. The van der Waals surface area contributed by atoms with Crippen molar-refractivity contribution in [2.45, 2.75) is 19.0 Å². The van der Waals surface area contributed by atoms with Gasteiger partial charge in [-0.05, 0) is 23.6 Å². The molecule has 0 saturated carbocycles. The molecule has 6 heteroatoms. The van der Waals surface area contributed by atoms with Crippen molar-refractivity contribution in [1.82, 2.24) is 14.8 Å². The highest BCUT2D eigenvalue weighted by Gasteiger charge is 2.25. The molecule has 2 heterocycles. The third kappa shape index (κ3) is 5.53. The zero-order valence-electron chi connectivity index (χ0n) is 14.3. The van der Waals surface area contributed by atoms with E-state index in [-0.39, 0.29) is 18.3 Å². The third-order valence-corrected chi connectivity index (χ3v) is 4.43. The van der Waals surface area contributed by atoms with Crippen LogP contribution < -0.4 is 5.73 Å². The van der Waals surface area contributed by atoms with Crippen LogP contribution in [0.1, 0.15) is 11.1 Å². The molecule has 0 bridgehead atoms. The van der Waals surface area contributed by atoms with Crippen molar-refractivity contribution in [2.24, 2.45) is 5.73 Å². The number of hydrogen-bond donors (Lipinski definition) is 1. The summed E-state index contributed by atoms with van der Waals surface area (Å²) in [5, 5.41) is 0. The lowest BCUT2D eigenvalue weighted by Gasteiger charge is -2.35. The fourth-order valence-corrected chi connectivity index (χ4v) is 3.07. The maximum atomic E-state index is 12.5. The highest BCUT2D eigenvalue weighted by atomic mass is 35.5. The number of nitrogens with two attached hydrogens (primary N) is 1. The first-order chi connectivity index (χ1) is 11.7. The van der Waals surface area contributed by atoms with E-state index in [0.717, 1.165) is 38.3 Å². The van der Waals surface area contributed by atoms with Gasteiger partial charge in [-0.15, -0.1) is 12.4 Å². The Kier molecular flexibility index (Phi) is 7.37. The largest absolute Gasteiger partial charge is 0.339 e. The van der Waals surface area contributed by atoms with Gasteiger partial charge >= 0.3 is 0 Å². The number of rotatable bonds is 5. The fourth-order valence-electron chi connectivity index (χ4n) is 3.07. The van der Waals surface area contributed by atoms with Crippen LogP contribution in [0.3, 0.4) is 0 Å². The number of benzene rings is 1. The fraction of sp³-hybridized carbons (Fsp3) is 0.368. The molecular weight excluding hydrogens is 336 g/mol. The first kappa shape index (κ1) is 19.4. The van der Waals surface area contributed by atoms with Gasteiger partial charge in [0.25, 0.3) is 0 Å². The quantitative estimate of drug-likeness (QED) is 0.881. The van der Waals surface area contributed by atoms with E-state index in [1.807, 2.05) is 47.5 Å². The minimum atomic E-state index is -0.461. The SMILES string of the molecule is Cl.N[C@@H](Cc1ccccc1)C(=O)N1CCN(Cc2cccnc2)CC1. The van der Waals surface area contributed by atoms with Crippen LogP contribution in [-0.2, 0) is 17.8 Å². The van der Waals surface area contributed by atoms with E-state index in [9.17, 15) is 4.79 Å². The van der Waals surface area contributed by atoms with Gasteiger partial charge in [0.05, 0.1) is 6.04 Å². The number of carbonyl (C=O) groups excluding carboxylic acids is 1. The molecule has 2 N–H and O–H groups in total. The molecular formula is C19H25ClN4O. The van der Waals surface area contributed by atoms with Crippen LogP contribution in [0.2, 0.25) is 0 Å². The lowest BCUT2D eigenvalue weighted by atomic mass is 10.1. The van der Waals surface area contributed by atoms with E-state index in [2.05, 4.69) is 16.0 Å². The van der Waals surface area contributed by atoms with Crippen molar-refractivity contribution < 1.29 is 4.79 Å². The average molecular weight is 361 g/mol. The number of halogens is 1. The van der Waals surface area contributed by atoms with Crippen molar-refractivity contribution in [1.29, 1.82) is 0 Å². The van der Waals surface area contributed by atoms with Crippen molar-refractivity contribution in [3.63, 3.8) is 0 Å². The highest BCUT2D eigenvalue weighted by molar-refractivity contribution is 5.85. The van der Waals surface area contributed by atoms with Gasteiger partial charge in [0.1, 0.15) is 0 Å². The Morgan fingerprint density at radius 3 is 2.36 bits per heavy atom. The third-order valence-electron chi connectivity index (χ3n) is 4.43. The van der Waals surface area contributed by atoms with E-state index in [4.69, 9.17) is 5.73 Å². The number of aromatic nitrogens is 1. The number of piperazine rings is 1. The van der Waals surface area contributed by atoms with Crippen LogP contribution in [0.25, 0.3) is 0 Å². The minimum absolute atomic E-state index is 0. The predicted octanol–water partition coefficient (Wildman–Crippen LogP) is 1.72.